The van der Waals surface area contributed by atoms with Gasteiger partial charge in [0.2, 0.25) is 5.82 Å². The van der Waals surface area contributed by atoms with Gasteiger partial charge in [-0.25, -0.2) is 9.97 Å². The first kappa shape index (κ1) is 16.8. The molecule has 0 bridgehead atoms. The minimum absolute atomic E-state index is 0.151. The number of carbonyl (C=O) groups excluding carboxylic acids is 1. The van der Waals surface area contributed by atoms with Gasteiger partial charge in [-0.05, 0) is 17.7 Å². The zero-order valence-corrected chi connectivity index (χ0v) is 15.2. The molecule has 0 spiro atoms. The first-order valence-corrected chi connectivity index (χ1v) is 9.57. The van der Waals surface area contributed by atoms with Crippen molar-refractivity contribution in [1.29, 1.82) is 0 Å². The predicted octanol–water partition coefficient (Wildman–Crippen LogP) is 1.24. The lowest BCUT2D eigenvalue weighted by atomic mass is 10.2. The number of carbonyl (C=O) groups is 1. The zero-order chi connectivity index (χ0) is 17.9. The van der Waals surface area contributed by atoms with Crippen LogP contribution in [-0.4, -0.2) is 55.2 Å². The summed E-state index contributed by atoms with van der Waals surface area (Å²) in [6.45, 7) is 2.22. The van der Waals surface area contributed by atoms with E-state index in [1.165, 1.54) is 0 Å². The molecule has 4 heterocycles. The van der Waals surface area contributed by atoms with Gasteiger partial charge in [-0.2, -0.15) is 16.9 Å². The van der Waals surface area contributed by atoms with Gasteiger partial charge < -0.3 is 10.2 Å². The predicted molar refractivity (Wildman–Crippen MR) is 101 cm³/mol. The SMILES string of the molecule is Cn1cc2c(N3CCSCC3)nc(C(=O)NCc3ccncc3)nc2n1. The molecule has 9 heteroatoms. The van der Waals surface area contributed by atoms with E-state index in [2.05, 4.69) is 30.3 Å². The average molecular weight is 369 g/mol. The van der Waals surface area contributed by atoms with E-state index in [1.54, 1.807) is 17.1 Å². The molecule has 1 amide bonds. The lowest BCUT2D eigenvalue weighted by molar-refractivity contribution is 0.0941. The van der Waals surface area contributed by atoms with Gasteiger partial charge in [-0.3, -0.25) is 14.5 Å². The summed E-state index contributed by atoms with van der Waals surface area (Å²) < 4.78 is 1.71. The summed E-state index contributed by atoms with van der Waals surface area (Å²) >= 11 is 1.93. The fourth-order valence-electron chi connectivity index (χ4n) is 2.88. The third kappa shape index (κ3) is 3.48. The van der Waals surface area contributed by atoms with Crippen molar-refractivity contribution in [2.45, 2.75) is 6.54 Å². The number of rotatable bonds is 4. The van der Waals surface area contributed by atoms with Crippen molar-refractivity contribution in [2.75, 3.05) is 29.5 Å². The highest BCUT2D eigenvalue weighted by Gasteiger charge is 2.21. The fourth-order valence-corrected chi connectivity index (χ4v) is 3.79. The van der Waals surface area contributed by atoms with Crippen LogP contribution in [0.1, 0.15) is 16.2 Å². The Bertz CT molecular complexity index is 922. The summed E-state index contributed by atoms with van der Waals surface area (Å²) in [5.41, 5.74) is 1.52. The maximum Gasteiger partial charge on any atom is 0.289 e. The molecule has 0 aromatic carbocycles. The zero-order valence-electron chi connectivity index (χ0n) is 14.4. The van der Waals surface area contributed by atoms with Crippen molar-refractivity contribution in [1.82, 2.24) is 30.0 Å². The topological polar surface area (TPSA) is 88.8 Å². The Morgan fingerprint density at radius 2 is 2.00 bits per heavy atom. The summed E-state index contributed by atoms with van der Waals surface area (Å²) in [6.07, 6.45) is 5.31. The number of pyridine rings is 1. The number of anilines is 1. The van der Waals surface area contributed by atoms with E-state index in [4.69, 9.17) is 0 Å². The van der Waals surface area contributed by atoms with Crippen molar-refractivity contribution in [3.8, 4) is 0 Å². The third-order valence-electron chi connectivity index (χ3n) is 4.19. The molecule has 8 nitrogen and oxygen atoms in total. The molecule has 1 fully saturated rings. The number of aromatic nitrogens is 5. The van der Waals surface area contributed by atoms with Gasteiger partial charge in [0.1, 0.15) is 5.82 Å². The van der Waals surface area contributed by atoms with Crippen molar-refractivity contribution < 1.29 is 4.79 Å². The van der Waals surface area contributed by atoms with Gasteiger partial charge in [0, 0.05) is 56.8 Å². The van der Waals surface area contributed by atoms with Gasteiger partial charge in [0.25, 0.3) is 5.91 Å². The molecule has 0 atom stereocenters. The van der Waals surface area contributed by atoms with Gasteiger partial charge in [0.15, 0.2) is 5.65 Å². The molecule has 0 saturated carbocycles. The van der Waals surface area contributed by atoms with Crippen LogP contribution < -0.4 is 10.2 Å². The molecular weight excluding hydrogens is 350 g/mol. The lowest BCUT2D eigenvalue weighted by Gasteiger charge is -2.27. The molecule has 26 heavy (non-hydrogen) atoms. The van der Waals surface area contributed by atoms with Crippen molar-refractivity contribution in [3.05, 3.63) is 42.1 Å². The van der Waals surface area contributed by atoms with E-state index < -0.39 is 0 Å². The Labute approximate surface area is 155 Å². The number of hydrogen-bond acceptors (Lipinski definition) is 7. The highest BCUT2D eigenvalue weighted by Crippen LogP contribution is 2.25. The van der Waals surface area contributed by atoms with E-state index in [0.29, 0.717) is 12.2 Å². The van der Waals surface area contributed by atoms with E-state index in [0.717, 1.165) is 41.4 Å². The van der Waals surface area contributed by atoms with Crippen LogP contribution in [0.15, 0.2) is 30.7 Å². The number of hydrogen-bond donors (Lipinski definition) is 1. The van der Waals surface area contributed by atoms with Crippen molar-refractivity contribution in [3.63, 3.8) is 0 Å². The van der Waals surface area contributed by atoms with E-state index >= 15 is 0 Å². The lowest BCUT2D eigenvalue weighted by Crippen LogP contribution is -2.34. The second-order valence-electron chi connectivity index (χ2n) is 6.05. The molecule has 1 aliphatic heterocycles. The van der Waals surface area contributed by atoms with Crippen LogP contribution in [0.5, 0.6) is 0 Å². The van der Waals surface area contributed by atoms with Crippen LogP contribution >= 0.6 is 11.8 Å². The van der Waals surface area contributed by atoms with Crippen LogP contribution in [0.3, 0.4) is 0 Å². The monoisotopic (exact) mass is 369 g/mol. The van der Waals surface area contributed by atoms with Crippen molar-refractivity contribution in [2.24, 2.45) is 7.05 Å². The van der Waals surface area contributed by atoms with Crippen LogP contribution in [0.25, 0.3) is 11.0 Å². The maximum atomic E-state index is 12.6. The Morgan fingerprint density at radius 3 is 2.77 bits per heavy atom. The first-order valence-electron chi connectivity index (χ1n) is 8.42. The molecule has 3 aromatic rings. The first-order chi connectivity index (χ1) is 12.7. The molecule has 0 radical (unpaired) electrons. The standard InChI is InChI=1S/C17H19N7OS/c1-23-11-13-14(22-23)20-15(21-16(13)24-6-8-26-9-7-24)17(25)19-10-12-2-4-18-5-3-12/h2-5,11H,6-10H2,1H3,(H,19,25). The quantitative estimate of drug-likeness (QED) is 0.740. The second kappa shape index (κ2) is 7.28. The Hall–Kier alpha value is -2.68. The van der Waals surface area contributed by atoms with E-state index in [-0.39, 0.29) is 11.7 Å². The van der Waals surface area contributed by atoms with Gasteiger partial charge in [-0.15, -0.1) is 0 Å². The minimum Gasteiger partial charge on any atom is -0.354 e. The Balaban J connectivity index is 1.63. The number of nitrogens with one attached hydrogen (secondary N) is 1. The highest BCUT2D eigenvalue weighted by atomic mass is 32.2. The molecule has 1 saturated heterocycles. The molecule has 1 N–H and O–H groups in total. The number of fused-ring (bicyclic) bond motifs is 1. The number of nitrogens with zero attached hydrogens (tertiary/aromatic N) is 6. The minimum atomic E-state index is -0.304. The van der Waals surface area contributed by atoms with Crippen LogP contribution in [0.4, 0.5) is 5.82 Å². The normalized spacial score (nSPS) is 14.6. The molecule has 3 aromatic heterocycles. The van der Waals surface area contributed by atoms with Gasteiger partial charge in [0.05, 0.1) is 5.39 Å². The van der Waals surface area contributed by atoms with Gasteiger partial charge in [-0.1, -0.05) is 0 Å². The van der Waals surface area contributed by atoms with Crippen LogP contribution in [0, 0.1) is 0 Å². The molecule has 4 rings (SSSR count). The Kier molecular flexibility index (Phi) is 4.70. The van der Waals surface area contributed by atoms with E-state index in [1.807, 2.05) is 37.1 Å². The van der Waals surface area contributed by atoms with Gasteiger partial charge >= 0.3 is 0 Å². The molecule has 0 unspecified atom stereocenters. The summed E-state index contributed by atoms with van der Waals surface area (Å²) in [6, 6.07) is 3.72. The fraction of sp³-hybridized carbons (Fsp3) is 0.353. The number of amides is 1. The number of thioether (sulfide) groups is 1. The molecular formula is C17H19N7OS. The summed E-state index contributed by atoms with van der Waals surface area (Å²) in [4.78, 5) is 27.7. The smallest absolute Gasteiger partial charge is 0.289 e. The third-order valence-corrected chi connectivity index (χ3v) is 5.13. The molecule has 1 aliphatic rings. The largest absolute Gasteiger partial charge is 0.354 e. The highest BCUT2D eigenvalue weighted by molar-refractivity contribution is 7.99. The van der Waals surface area contributed by atoms with E-state index in [9.17, 15) is 4.79 Å². The second-order valence-corrected chi connectivity index (χ2v) is 7.27. The molecule has 0 aliphatic carbocycles. The average Bonchev–Trinajstić information content (AvgIpc) is 3.07. The summed E-state index contributed by atoms with van der Waals surface area (Å²) in [5, 5.41) is 8.12. The number of aryl methyl sites for hydroxylation is 1. The Morgan fingerprint density at radius 1 is 1.23 bits per heavy atom. The van der Waals surface area contributed by atoms with Crippen LogP contribution in [0.2, 0.25) is 0 Å². The summed E-state index contributed by atoms with van der Waals surface area (Å²) in [7, 11) is 1.85. The molecule has 134 valence electrons. The van der Waals surface area contributed by atoms with Crippen LogP contribution in [-0.2, 0) is 13.6 Å². The van der Waals surface area contributed by atoms with Crippen molar-refractivity contribution >= 4 is 34.5 Å². The maximum absolute atomic E-state index is 12.6. The summed E-state index contributed by atoms with van der Waals surface area (Å²) in [5.74, 6) is 2.74.